The Kier molecular flexibility index (Phi) is 6.30. The van der Waals surface area contributed by atoms with E-state index in [-0.39, 0.29) is 0 Å². The molecule has 0 saturated heterocycles. The lowest BCUT2D eigenvalue weighted by molar-refractivity contribution is 0.108. The Balaban J connectivity index is 1.71. The lowest BCUT2D eigenvalue weighted by Crippen LogP contribution is -2.13. The van der Waals surface area contributed by atoms with Crippen LogP contribution in [0.25, 0.3) is 0 Å². The van der Waals surface area contributed by atoms with Gasteiger partial charge in [-0.15, -0.1) is 11.3 Å². The molecule has 0 spiro atoms. The summed E-state index contributed by atoms with van der Waals surface area (Å²) >= 11 is 1.78. The van der Waals surface area contributed by atoms with Gasteiger partial charge >= 0.3 is 0 Å². The molecule has 0 aliphatic rings. The predicted octanol–water partition coefficient (Wildman–Crippen LogP) is 3.91. The third kappa shape index (κ3) is 4.78. The zero-order chi connectivity index (χ0) is 14.2. The summed E-state index contributed by atoms with van der Waals surface area (Å²) in [5.74, 6) is 1.91. The van der Waals surface area contributed by atoms with Gasteiger partial charge in [-0.3, -0.25) is 0 Å². The lowest BCUT2D eigenvalue weighted by atomic mass is 10.2. The van der Waals surface area contributed by atoms with E-state index in [4.69, 9.17) is 9.15 Å². The van der Waals surface area contributed by atoms with Crippen molar-refractivity contribution in [3.63, 3.8) is 0 Å². The van der Waals surface area contributed by atoms with E-state index in [0.29, 0.717) is 6.61 Å². The van der Waals surface area contributed by atoms with Gasteiger partial charge in [0.25, 0.3) is 0 Å². The molecule has 0 aliphatic heterocycles. The molecule has 3 nitrogen and oxygen atoms in total. The van der Waals surface area contributed by atoms with E-state index in [1.165, 1.54) is 10.4 Å². The first kappa shape index (κ1) is 15.3. The second kappa shape index (κ2) is 8.25. The van der Waals surface area contributed by atoms with Crippen LogP contribution in [-0.2, 0) is 24.3 Å². The van der Waals surface area contributed by atoms with Crippen LogP contribution in [0.5, 0.6) is 0 Å². The van der Waals surface area contributed by atoms with Crippen LogP contribution in [0.3, 0.4) is 0 Å². The molecule has 0 radical (unpaired) electrons. The molecule has 0 bridgehead atoms. The van der Waals surface area contributed by atoms with Crippen molar-refractivity contribution >= 4 is 11.3 Å². The van der Waals surface area contributed by atoms with Crippen LogP contribution >= 0.6 is 11.3 Å². The molecule has 0 unspecified atom stereocenters. The number of furan rings is 1. The summed E-state index contributed by atoms with van der Waals surface area (Å²) < 4.78 is 11.4. The summed E-state index contributed by atoms with van der Waals surface area (Å²) in [6.07, 6.45) is 2.12. The van der Waals surface area contributed by atoms with Crippen molar-refractivity contribution < 1.29 is 9.15 Å². The normalized spacial score (nSPS) is 11.1. The minimum absolute atomic E-state index is 0.556. The zero-order valence-electron chi connectivity index (χ0n) is 12.3. The van der Waals surface area contributed by atoms with Gasteiger partial charge in [-0.1, -0.05) is 13.0 Å². The Hall–Kier alpha value is -1.10. The molecule has 0 saturated carbocycles. The molecule has 4 heteroatoms. The smallest absolute Gasteiger partial charge is 0.130 e. The Morgan fingerprint density at radius 2 is 2.30 bits per heavy atom. The minimum Gasteiger partial charge on any atom is -0.464 e. The Morgan fingerprint density at radius 1 is 1.40 bits per heavy atom. The van der Waals surface area contributed by atoms with Crippen LogP contribution in [0.2, 0.25) is 0 Å². The molecule has 1 N–H and O–H groups in total. The average Bonchev–Trinajstić information content (AvgIpc) is 3.06. The summed E-state index contributed by atoms with van der Waals surface area (Å²) in [6.45, 7) is 7.39. The van der Waals surface area contributed by atoms with Gasteiger partial charge in [0.1, 0.15) is 18.1 Å². The quantitative estimate of drug-likeness (QED) is 0.712. The van der Waals surface area contributed by atoms with Crippen molar-refractivity contribution in [2.24, 2.45) is 0 Å². The second-order valence-corrected chi connectivity index (χ2v) is 5.89. The second-order valence-electron chi connectivity index (χ2n) is 4.85. The number of ether oxygens (including phenoxy) is 1. The number of hydrogen-bond acceptors (Lipinski definition) is 4. The molecule has 0 aliphatic carbocycles. The molecular formula is C16H23NO2S. The molecule has 0 amide bonds. The van der Waals surface area contributed by atoms with Gasteiger partial charge in [-0.25, -0.2) is 0 Å². The van der Waals surface area contributed by atoms with Crippen LogP contribution < -0.4 is 5.32 Å². The first-order valence-corrected chi connectivity index (χ1v) is 8.06. The van der Waals surface area contributed by atoms with Crippen molar-refractivity contribution in [2.75, 3.05) is 13.2 Å². The molecule has 0 atom stereocenters. The first-order chi connectivity index (χ1) is 9.79. The third-order valence-electron chi connectivity index (χ3n) is 3.13. The third-order valence-corrected chi connectivity index (χ3v) is 4.07. The standard InChI is InChI=1S/C16H23NO2S/c1-3-7-17-11-14-10-15(19-13(14)2)12-18-8-6-16-5-4-9-20-16/h4-5,9-10,17H,3,6-8,11-12H2,1-2H3. The van der Waals surface area contributed by atoms with Crippen molar-refractivity contribution in [1.29, 1.82) is 0 Å². The number of thiophene rings is 1. The fourth-order valence-electron chi connectivity index (χ4n) is 2.03. The summed E-state index contributed by atoms with van der Waals surface area (Å²) in [5, 5.41) is 5.49. The van der Waals surface area contributed by atoms with Crippen LogP contribution in [-0.4, -0.2) is 13.2 Å². The molecule has 2 rings (SSSR count). The molecule has 0 aromatic carbocycles. The number of hydrogen-bond donors (Lipinski definition) is 1. The summed E-state index contributed by atoms with van der Waals surface area (Å²) in [5.41, 5.74) is 1.23. The number of rotatable bonds is 9. The topological polar surface area (TPSA) is 34.4 Å². The van der Waals surface area contributed by atoms with Crippen molar-refractivity contribution in [2.45, 2.75) is 39.8 Å². The summed E-state index contributed by atoms with van der Waals surface area (Å²) in [7, 11) is 0. The molecule has 2 aromatic heterocycles. The van der Waals surface area contributed by atoms with E-state index < -0.39 is 0 Å². The van der Waals surface area contributed by atoms with Crippen LogP contribution in [0, 0.1) is 6.92 Å². The maximum atomic E-state index is 5.72. The fourth-order valence-corrected chi connectivity index (χ4v) is 2.72. The van der Waals surface area contributed by atoms with Gasteiger partial charge in [-0.05, 0) is 37.4 Å². The number of aryl methyl sites for hydroxylation is 1. The lowest BCUT2D eigenvalue weighted by Gasteiger charge is -2.00. The summed E-state index contributed by atoms with van der Waals surface area (Å²) in [6, 6.07) is 6.32. The molecule has 2 heterocycles. The van der Waals surface area contributed by atoms with Gasteiger partial charge < -0.3 is 14.5 Å². The van der Waals surface area contributed by atoms with E-state index in [1.807, 2.05) is 6.92 Å². The first-order valence-electron chi connectivity index (χ1n) is 7.18. The highest BCUT2D eigenvalue weighted by Crippen LogP contribution is 2.16. The maximum Gasteiger partial charge on any atom is 0.130 e. The fraction of sp³-hybridized carbons (Fsp3) is 0.500. The van der Waals surface area contributed by atoms with Gasteiger partial charge in [0, 0.05) is 23.4 Å². The van der Waals surface area contributed by atoms with Crippen LogP contribution in [0.1, 0.15) is 35.3 Å². The Labute approximate surface area is 125 Å². The van der Waals surface area contributed by atoms with Crippen LogP contribution in [0.4, 0.5) is 0 Å². The number of nitrogens with one attached hydrogen (secondary N) is 1. The van der Waals surface area contributed by atoms with E-state index in [0.717, 1.165) is 44.1 Å². The van der Waals surface area contributed by atoms with E-state index in [9.17, 15) is 0 Å². The zero-order valence-corrected chi connectivity index (χ0v) is 13.1. The average molecular weight is 293 g/mol. The van der Waals surface area contributed by atoms with Gasteiger partial charge in [0.2, 0.25) is 0 Å². The highest BCUT2D eigenvalue weighted by molar-refractivity contribution is 7.09. The van der Waals surface area contributed by atoms with Crippen LogP contribution in [0.15, 0.2) is 28.0 Å². The molecular weight excluding hydrogens is 270 g/mol. The summed E-state index contributed by atoms with van der Waals surface area (Å²) in [4.78, 5) is 1.37. The monoisotopic (exact) mass is 293 g/mol. The molecule has 2 aromatic rings. The molecule has 0 fully saturated rings. The Bertz CT molecular complexity index is 491. The highest BCUT2D eigenvalue weighted by atomic mass is 32.1. The molecule has 110 valence electrons. The predicted molar refractivity (Wildman–Crippen MR) is 83.1 cm³/mol. The van der Waals surface area contributed by atoms with Gasteiger partial charge in [0.15, 0.2) is 0 Å². The highest BCUT2D eigenvalue weighted by Gasteiger charge is 2.07. The van der Waals surface area contributed by atoms with Crippen molar-refractivity contribution in [3.05, 3.63) is 45.5 Å². The maximum absolute atomic E-state index is 5.72. The van der Waals surface area contributed by atoms with E-state index >= 15 is 0 Å². The Morgan fingerprint density at radius 3 is 3.05 bits per heavy atom. The van der Waals surface area contributed by atoms with Crippen molar-refractivity contribution in [3.8, 4) is 0 Å². The van der Waals surface area contributed by atoms with E-state index in [1.54, 1.807) is 11.3 Å². The van der Waals surface area contributed by atoms with Gasteiger partial charge in [0.05, 0.1) is 6.61 Å². The van der Waals surface area contributed by atoms with Gasteiger partial charge in [-0.2, -0.15) is 0 Å². The van der Waals surface area contributed by atoms with Crippen molar-refractivity contribution in [1.82, 2.24) is 5.32 Å². The molecule has 20 heavy (non-hydrogen) atoms. The minimum atomic E-state index is 0.556. The van der Waals surface area contributed by atoms with E-state index in [2.05, 4.69) is 35.8 Å². The SMILES string of the molecule is CCCNCc1cc(COCCc2cccs2)oc1C. The largest absolute Gasteiger partial charge is 0.464 e.